The minimum absolute atomic E-state index is 0. The van der Waals surface area contributed by atoms with Gasteiger partial charge in [-0.1, -0.05) is 54.3 Å². The van der Waals surface area contributed by atoms with E-state index in [1.54, 1.807) is 44.2 Å². The molecule has 0 amide bonds. The number of nitrogens with one attached hydrogen (secondary N) is 3. The summed E-state index contributed by atoms with van der Waals surface area (Å²) in [5, 5.41) is 61.6. The van der Waals surface area contributed by atoms with Crippen molar-refractivity contribution in [1.29, 1.82) is 0 Å². The number of non-ortho nitro benzene ring substituents is 1. The van der Waals surface area contributed by atoms with Crippen LogP contribution in [0.3, 0.4) is 0 Å². The second-order valence-corrected chi connectivity index (χ2v) is 12.4. The van der Waals surface area contributed by atoms with Crippen LogP contribution < -0.4 is 21.3 Å². The van der Waals surface area contributed by atoms with Crippen LogP contribution in [0.15, 0.2) is 132 Å². The van der Waals surface area contributed by atoms with E-state index in [2.05, 4.69) is 30.7 Å². The molecule has 4 aromatic carbocycles. The largest absolute Gasteiger partial charge is 3.00 e. The smallest absolute Gasteiger partial charge is 0.871 e. The summed E-state index contributed by atoms with van der Waals surface area (Å²) < 4.78 is 25.2. The number of carboxylic acids is 1. The van der Waals surface area contributed by atoms with E-state index < -0.39 is 37.8 Å². The number of azo groups is 2. The van der Waals surface area contributed by atoms with Crippen molar-refractivity contribution in [3.63, 3.8) is 0 Å². The molecule has 0 aliphatic rings. The molecule has 0 atom stereocenters. The number of hydrogen-bond acceptors (Lipinski definition) is 13. The summed E-state index contributed by atoms with van der Waals surface area (Å²) in [6.07, 6.45) is 0. The number of aryl methyl sites for hydroxylation is 2. The number of H-pyrrole nitrogens is 2. The third-order valence-corrected chi connectivity index (χ3v) is 8.15. The summed E-state index contributed by atoms with van der Waals surface area (Å²) in [5.41, 5.74) is -0.144. The number of nitro benzene ring substituents is 1. The Bertz CT molecular complexity index is 2650. The van der Waals surface area contributed by atoms with Gasteiger partial charge in [0, 0.05) is 17.7 Å². The number of aromatic carboxylic acids is 1. The molecule has 0 aliphatic heterocycles. The summed E-state index contributed by atoms with van der Waals surface area (Å²) >= 11 is 0. The van der Waals surface area contributed by atoms with Crippen LogP contribution in [0.1, 0.15) is 21.7 Å². The second-order valence-electron chi connectivity index (χ2n) is 10.9. The molecule has 3 N–H and O–H groups in total. The maximum Gasteiger partial charge on any atom is 3.00 e. The summed E-state index contributed by atoms with van der Waals surface area (Å²) in [7, 11) is -4.19. The number of benzene rings is 4. The predicted molar refractivity (Wildman–Crippen MR) is 185 cm³/mol. The SMILES string of the molecule is Cc1[nH]n(-c2cccc(S([NH-])(=O)=O)c2)c(=O)c1N=Nc1ccccc1C(=O)[O-].Cc1[nH]n(-c2ccccc2)c(=O)c1N=Nc1cc([N+](=O)[O-])ccc1[O-].[Cr+3]. The number of aromatic nitrogens is 4. The molecular formula is C33H25CrN10O9S. The first-order valence-corrected chi connectivity index (χ1v) is 16.5. The van der Waals surface area contributed by atoms with Gasteiger partial charge in [0.2, 0.25) is 0 Å². The third kappa shape index (κ3) is 8.98. The van der Waals surface area contributed by atoms with Gasteiger partial charge in [0.25, 0.3) is 16.8 Å². The van der Waals surface area contributed by atoms with Crippen molar-refractivity contribution in [2.75, 3.05) is 0 Å². The Morgan fingerprint density at radius 2 is 1.28 bits per heavy atom. The molecule has 21 heteroatoms. The van der Waals surface area contributed by atoms with Crippen LogP contribution in [0, 0.1) is 24.0 Å². The van der Waals surface area contributed by atoms with Gasteiger partial charge in [-0.15, -0.1) is 15.3 Å². The Kier molecular flexibility index (Phi) is 12.4. The van der Waals surface area contributed by atoms with Crippen molar-refractivity contribution < 1.29 is 45.7 Å². The number of rotatable bonds is 9. The molecule has 0 unspecified atom stereocenters. The van der Waals surface area contributed by atoms with Crippen LogP contribution in [0.25, 0.3) is 16.5 Å². The van der Waals surface area contributed by atoms with Crippen molar-refractivity contribution in [1.82, 2.24) is 19.6 Å². The van der Waals surface area contributed by atoms with Gasteiger partial charge >= 0.3 is 17.4 Å². The monoisotopic (exact) mass is 789 g/mol. The normalized spacial score (nSPS) is 11.2. The Labute approximate surface area is 315 Å². The van der Waals surface area contributed by atoms with Gasteiger partial charge in [0.1, 0.15) is 0 Å². The molecule has 2 aromatic heterocycles. The van der Waals surface area contributed by atoms with Gasteiger partial charge < -0.3 is 20.1 Å². The number of carbonyl (C=O) groups excluding carboxylic acids is 1. The van der Waals surface area contributed by atoms with Gasteiger partial charge in [-0.3, -0.25) is 29.9 Å². The van der Waals surface area contributed by atoms with Crippen molar-refractivity contribution in [3.05, 3.63) is 150 Å². The van der Waals surface area contributed by atoms with Crippen LogP contribution >= 0.6 is 0 Å². The fraction of sp³-hybridized carbons (Fsp3) is 0.0606. The van der Waals surface area contributed by atoms with Gasteiger partial charge in [-0.2, -0.15) is 5.11 Å². The van der Waals surface area contributed by atoms with Crippen molar-refractivity contribution in [3.8, 4) is 17.1 Å². The maximum absolute atomic E-state index is 12.6. The average molecular weight is 790 g/mol. The summed E-state index contributed by atoms with van der Waals surface area (Å²) in [4.78, 5) is 46.1. The maximum atomic E-state index is 12.6. The molecule has 6 rings (SSSR count). The molecule has 273 valence electrons. The van der Waals surface area contributed by atoms with E-state index in [4.69, 9.17) is 5.14 Å². The quantitative estimate of drug-likeness (QED) is 0.115. The standard InChI is InChI=1S/C17H15N5O5S.C16H13N5O4.Cr/c1-10-15(20-19-14-8-3-2-7-13(14)17(24)25)16(23)22(21-10)11-5-4-6-12(9-11)28(18,26)27;1-10-15(16(23)20(19-10)11-5-3-2-4-6-11)18-17-13-9-12(21(24)25)7-8-14(13)22;/h2-9H,1H3,(H4,18,19,21,23,24,25,26,27);2-9,19,22H,1H3;/q;;+3/p-3. The first-order valence-electron chi connectivity index (χ1n) is 15.0. The van der Waals surface area contributed by atoms with Crippen LogP contribution in [-0.2, 0) is 27.4 Å². The fourth-order valence-corrected chi connectivity index (χ4v) is 5.21. The van der Waals surface area contributed by atoms with Gasteiger partial charge in [0.05, 0.1) is 59.9 Å². The molecule has 0 bridgehead atoms. The van der Waals surface area contributed by atoms with Gasteiger partial charge in [-0.05, 0) is 50.2 Å². The Balaban J connectivity index is 0.000000238. The van der Waals surface area contributed by atoms with Crippen LogP contribution in [0.5, 0.6) is 5.75 Å². The number of aromatic amines is 2. The van der Waals surface area contributed by atoms with Crippen LogP contribution in [-0.4, -0.2) is 38.9 Å². The molecule has 1 radical (unpaired) electrons. The summed E-state index contributed by atoms with van der Waals surface area (Å²) in [6.45, 7) is 3.20. The Hall–Kier alpha value is -6.79. The van der Waals surface area contributed by atoms with E-state index in [-0.39, 0.29) is 61.9 Å². The minimum atomic E-state index is -4.19. The number of para-hydroxylation sites is 1. The van der Waals surface area contributed by atoms with E-state index in [0.717, 1.165) is 22.9 Å². The summed E-state index contributed by atoms with van der Waals surface area (Å²) in [5.74, 6) is -1.95. The predicted octanol–water partition coefficient (Wildman–Crippen LogP) is 4.86. The fourth-order valence-electron chi connectivity index (χ4n) is 4.68. The number of sulfonamides is 1. The molecule has 0 fully saturated rings. The molecule has 0 aliphatic carbocycles. The number of carbonyl (C=O) groups is 1. The Morgan fingerprint density at radius 3 is 1.85 bits per heavy atom. The van der Waals surface area contributed by atoms with Crippen LogP contribution in [0.4, 0.5) is 28.4 Å². The minimum Gasteiger partial charge on any atom is -0.871 e. The number of hydrogen-bond donors (Lipinski definition) is 2. The van der Waals surface area contributed by atoms with E-state index in [9.17, 15) is 43.1 Å². The van der Waals surface area contributed by atoms with E-state index in [1.807, 2.05) is 6.07 Å². The zero-order chi connectivity index (χ0) is 38.4. The van der Waals surface area contributed by atoms with Gasteiger partial charge in [-0.25, -0.2) is 17.8 Å². The topological polar surface area (TPSA) is 289 Å². The van der Waals surface area contributed by atoms with Crippen LogP contribution in [0.2, 0.25) is 0 Å². The van der Waals surface area contributed by atoms with Crippen molar-refractivity contribution >= 4 is 44.4 Å². The molecule has 2 heterocycles. The van der Waals surface area contributed by atoms with Crippen molar-refractivity contribution in [2.45, 2.75) is 18.7 Å². The summed E-state index contributed by atoms with van der Waals surface area (Å²) in [6, 6.07) is 23.1. The molecule has 6 aromatic rings. The third-order valence-electron chi connectivity index (χ3n) is 7.27. The van der Waals surface area contributed by atoms with E-state index >= 15 is 0 Å². The number of carboxylic acid groups (broad SMARTS) is 1. The van der Waals surface area contributed by atoms with Gasteiger partial charge in [0.15, 0.2) is 11.4 Å². The zero-order valence-corrected chi connectivity index (χ0v) is 30.0. The zero-order valence-electron chi connectivity index (χ0n) is 27.9. The Morgan fingerprint density at radius 1 is 0.741 bits per heavy atom. The molecule has 0 spiro atoms. The molecular weight excluding hydrogens is 764 g/mol. The number of nitro groups is 1. The molecule has 54 heavy (non-hydrogen) atoms. The molecule has 0 saturated heterocycles. The van der Waals surface area contributed by atoms with E-state index in [0.29, 0.717) is 17.1 Å². The first-order chi connectivity index (χ1) is 25.1. The first kappa shape index (κ1) is 40.0. The number of nitrogens with zero attached hydrogens (tertiary/aromatic N) is 7. The molecule has 19 nitrogen and oxygen atoms in total. The van der Waals surface area contributed by atoms with Crippen molar-refractivity contribution in [2.24, 2.45) is 20.5 Å². The molecule has 0 saturated carbocycles. The average Bonchev–Trinajstić information content (AvgIpc) is 3.58. The van der Waals surface area contributed by atoms with E-state index in [1.165, 1.54) is 47.1 Å². The second kappa shape index (κ2) is 16.7.